The molecule has 2 heteroatoms. The molecule has 0 saturated carbocycles. The molecule has 0 aliphatic carbocycles. The molecule has 0 aliphatic rings. The van der Waals surface area contributed by atoms with Crippen LogP contribution in [0.15, 0.2) is 17.5 Å². The number of nitrogens with zero attached hydrogens (tertiary/aromatic N) is 1. The van der Waals surface area contributed by atoms with E-state index >= 15 is 0 Å². The molecule has 18 heavy (non-hydrogen) atoms. The first-order valence-corrected chi connectivity index (χ1v) is 8.49. The van der Waals surface area contributed by atoms with Crippen LogP contribution in [0, 0.1) is 0 Å². The SMILES string of the molecule is CCCCN(CCCC)CCCCc1cccs1. The Morgan fingerprint density at radius 2 is 1.61 bits per heavy atom. The average Bonchev–Trinajstić information content (AvgIpc) is 2.90. The lowest BCUT2D eigenvalue weighted by Crippen LogP contribution is -2.27. The van der Waals surface area contributed by atoms with Gasteiger partial charge in [0.05, 0.1) is 0 Å². The zero-order valence-corrected chi connectivity index (χ0v) is 13.0. The summed E-state index contributed by atoms with van der Waals surface area (Å²) < 4.78 is 0. The maximum atomic E-state index is 2.67. The maximum Gasteiger partial charge on any atom is 0.00452 e. The molecule has 1 aromatic rings. The third kappa shape index (κ3) is 7.17. The van der Waals surface area contributed by atoms with E-state index in [4.69, 9.17) is 0 Å². The molecule has 0 atom stereocenters. The molecule has 0 aromatic carbocycles. The van der Waals surface area contributed by atoms with E-state index in [1.54, 1.807) is 4.88 Å². The zero-order valence-electron chi connectivity index (χ0n) is 12.2. The fourth-order valence-corrected chi connectivity index (χ4v) is 2.94. The minimum Gasteiger partial charge on any atom is -0.303 e. The second-order valence-electron chi connectivity index (χ2n) is 5.09. The van der Waals surface area contributed by atoms with Gasteiger partial charge in [-0.25, -0.2) is 0 Å². The predicted octanol–water partition coefficient (Wildman–Crippen LogP) is 4.97. The molecule has 0 unspecified atom stereocenters. The highest BCUT2D eigenvalue weighted by Gasteiger charge is 2.03. The number of hydrogen-bond donors (Lipinski definition) is 0. The quantitative estimate of drug-likeness (QED) is 0.511. The van der Waals surface area contributed by atoms with Gasteiger partial charge in [0, 0.05) is 4.88 Å². The van der Waals surface area contributed by atoms with Crippen LogP contribution in [-0.2, 0) is 6.42 Å². The summed E-state index contributed by atoms with van der Waals surface area (Å²) in [4.78, 5) is 4.21. The van der Waals surface area contributed by atoms with Gasteiger partial charge in [-0.2, -0.15) is 0 Å². The molecule has 1 rings (SSSR count). The topological polar surface area (TPSA) is 3.24 Å². The minimum atomic E-state index is 1.27. The van der Waals surface area contributed by atoms with Crippen LogP contribution in [0.4, 0.5) is 0 Å². The summed E-state index contributed by atoms with van der Waals surface area (Å²) in [7, 11) is 0. The zero-order chi connectivity index (χ0) is 13.1. The Bertz CT molecular complexity index is 261. The van der Waals surface area contributed by atoms with Crippen molar-refractivity contribution in [3.63, 3.8) is 0 Å². The Balaban J connectivity index is 2.11. The Labute approximate surface area is 117 Å². The molecule has 1 aromatic heterocycles. The van der Waals surface area contributed by atoms with Crippen molar-refractivity contribution < 1.29 is 0 Å². The molecule has 0 radical (unpaired) electrons. The first-order valence-electron chi connectivity index (χ1n) is 7.61. The van der Waals surface area contributed by atoms with E-state index in [1.165, 1.54) is 64.6 Å². The van der Waals surface area contributed by atoms with E-state index in [0.29, 0.717) is 0 Å². The number of aryl methyl sites for hydroxylation is 1. The van der Waals surface area contributed by atoms with Crippen LogP contribution in [0.2, 0.25) is 0 Å². The molecule has 0 N–H and O–H groups in total. The van der Waals surface area contributed by atoms with Crippen molar-refractivity contribution in [1.29, 1.82) is 0 Å². The highest BCUT2D eigenvalue weighted by molar-refractivity contribution is 7.09. The number of thiophene rings is 1. The van der Waals surface area contributed by atoms with Crippen LogP contribution in [-0.4, -0.2) is 24.5 Å². The summed E-state index contributed by atoms with van der Waals surface area (Å²) in [5.74, 6) is 0. The van der Waals surface area contributed by atoms with Gasteiger partial charge in [-0.05, 0) is 63.2 Å². The van der Waals surface area contributed by atoms with E-state index in [1.807, 2.05) is 11.3 Å². The molecule has 0 bridgehead atoms. The highest BCUT2D eigenvalue weighted by atomic mass is 32.1. The second-order valence-corrected chi connectivity index (χ2v) is 6.12. The monoisotopic (exact) mass is 267 g/mol. The van der Waals surface area contributed by atoms with Crippen molar-refractivity contribution in [2.24, 2.45) is 0 Å². The van der Waals surface area contributed by atoms with Crippen LogP contribution in [0.3, 0.4) is 0 Å². The van der Waals surface area contributed by atoms with Crippen LogP contribution in [0.1, 0.15) is 57.2 Å². The number of hydrogen-bond acceptors (Lipinski definition) is 2. The van der Waals surface area contributed by atoms with Gasteiger partial charge in [-0.15, -0.1) is 11.3 Å². The van der Waals surface area contributed by atoms with E-state index in [-0.39, 0.29) is 0 Å². The minimum absolute atomic E-state index is 1.27. The Kier molecular flexibility index (Phi) is 9.23. The van der Waals surface area contributed by atoms with Gasteiger partial charge in [0.1, 0.15) is 0 Å². The summed E-state index contributed by atoms with van der Waals surface area (Å²) in [6, 6.07) is 4.42. The molecule has 0 amide bonds. The highest BCUT2D eigenvalue weighted by Crippen LogP contribution is 2.12. The summed E-state index contributed by atoms with van der Waals surface area (Å²) >= 11 is 1.90. The normalized spacial score (nSPS) is 11.3. The fraction of sp³-hybridized carbons (Fsp3) is 0.750. The van der Waals surface area contributed by atoms with Crippen LogP contribution >= 0.6 is 11.3 Å². The Morgan fingerprint density at radius 3 is 2.17 bits per heavy atom. The smallest absolute Gasteiger partial charge is 0.00452 e. The lowest BCUT2D eigenvalue weighted by molar-refractivity contribution is 0.260. The molecule has 104 valence electrons. The van der Waals surface area contributed by atoms with Gasteiger partial charge in [0.2, 0.25) is 0 Å². The number of unbranched alkanes of at least 4 members (excludes halogenated alkanes) is 3. The number of rotatable bonds is 11. The van der Waals surface area contributed by atoms with Crippen molar-refractivity contribution in [2.45, 2.75) is 58.8 Å². The molecule has 0 fully saturated rings. The summed E-state index contributed by atoms with van der Waals surface area (Å²) in [5, 5.41) is 2.18. The van der Waals surface area contributed by atoms with Gasteiger partial charge in [-0.3, -0.25) is 0 Å². The molecular weight excluding hydrogens is 238 g/mol. The van der Waals surface area contributed by atoms with Crippen molar-refractivity contribution in [1.82, 2.24) is 4.90 Å². The van der Waals surface area contributed by atoms with Crippen molar-refractivity contribution in [3.8, 4) is 0 Å². The van der Waals surface area contributed by atoms with Crippen LogP contribution < -0.4 is 0 Å². The molecule has 0 spiro atoms. The first-order chi connectivity index (χ1) is 8.86. The Hall–Kier alpha value is -0.340. The van der Waals surface area contributed by atoms with Gasteiger partial charge in [0.25, 0.3) is 0 Å². The maximum absolute atomic E-state index is 2.67. The standard InChI is InChI=1S/C16H29NS/c1-3-5-12-17(13-6-4-2)14-8-7-10-16-11-9-15-18-16/h9,11,15H,3-8,10,12-14H2,1-2H3. The molecular formula is C16H29NS. The molecule has 1 heterocycles. The van der Waals surface area contributed by atoms with Crippen molar-refractivity contribution in [2.75, 3.05) is 19.6 Å². The van der Waals surface area contributed by atoms with Gasteiger partial charge >= 0.3 is 0 Å². The van der Waals surface area contributed by atoms with Gasteiger partial charge in [-0.1, -0.05) is 32.8 Å². The van der Waals surface area contributed by atoms with Gasteiger partial charge in [0.15, 0.2) is 0 Å². The third-order valence-corrected chi connectivity index (χ3v) is 4.32. The molecule has 0 saturated heterocycles. The predicted molar refractivity (Wildman–Crippen MR) is 83.5 cm³/mol. The van der Waals surface area contributed by atoms with E-state index in [0.717, 1.165) is 0 Å². The second kappa shape index (κ2) is 10.6. The fourth-order valence-electron chi connectivity index (χ4n) is 2.19. The van der Waals surface area contributed by atoms with E-state index in [2.05, 4.69) is 36.3 Å². The molecule has 1 nitrogen and oxygen atoms in total. The van der Waals surface area contributed by atoms with Gasteiger partial charge < -0.3 is 4.90 Å². The first kappa shape index (κ1) is 15.7. The van der Waals surface area contributed by atoms with E-state index in [9.17, 15) is 0 Å². The van der Waals surface area contributed by atoms with Crippen LogP contribution in [0.25, 0.3) is 0 Å². The summed E-state index contributed by atoms with van der Waals surface area (Å²) in [5.41, 5.74) is 0. The van der Waals surface area contributed by atoms with Crippen molar-refractivity contribution in [3.05, 3.63) is 22.4 Å². The van der Waals surface area contributed by atoms with Crippen molar-refractivity contribution >= 4 is 11.3 Å². The van der Waals surface area contributed by atoms with Crippen LogP contribution in [0.5, 0.6) is 0 Å². The lowest BCUT2D eigenvalue weighted by atomic mass is 10.2. The molecule has 0 aliphatic heterocycles. The summed E-state index contributed by atoms with van der Waals surface area (Å²) in [6.07, 6.45) is 9.31. The average molecular weight is 267 g/mol. The van der Waals surface area contributed by atoms with E-state index < -0.39 is 0 Å². The lowest BCUT2D eigenvalue weighted by Gasteiger charge is -2.21. The largest absolute Gasteiger partial charge is 0.303 e. The Morgan fingerprint density at radius 1 is 0.944 bits per heavy atom. The summed E-state index contributed by atoms with van der Waals surface area (Å²) in [6.45, 7) is 8.47. The third-order valence-electron chi connectivity index (χ3n) is 3.38.